The summed E-state index contributed by atoms with van der Waals surface area (Å²) in [5.41, 5.74) is 1.95. The highest BCUT2D eigenvalue weighted by molar-refractivity contribution is 5.68. The lowest BCUT2D eigenvalue weighted by Crippen LogP contribution is -2.55. The van der Waals surface area contributed by atoms with Gasteiger partial charge in [-0.05, 0) is 12.0 Å². The van der Waals surface area contributed by atoms with Crippen molar-refractivity contribution in [1.82, 2.24) is 15.3 Å². The summed E-state index contributed by atoms with van der Waals surface area (Å²) in [6.45, 7) is 1.92. The summed E-state index contributed by atoms with van der Waals surface area (Å²) in [7, 11) is 0. The number of fused-ring (bicyclic) bond motifs is 1. The van der Waals surface area contributed by atoms with Gasteiger partial charge in [-0.3, -0.25) is 0 Å². The normalized spacial score (nSPS) is 22.1. The molecule has 2 aromatic rings. The van der Waals surface area contributed by atoms with Gasteiger partial charge in [0.1, 0.15) is 11.1 Å². The Morgan fingerprint density at radius 3 is 2.46 bits per heavy atom. The fraction of sp³-hybridized carbons (Fsp3) is 0.450. The number of aliphatic hydroxyl groups excluding tert-OH is 1. The molecule has 1 aliphatic carbocycles. The summed E-state index contributed by atoms with van der Waals surface area (Å²) in [6.07, 6.45) is -0.510. The van der Waals surface area contributed by atoms with Gasteiger partial charge in [-0.15, -0.1) is 0 Å². The van der Waals surface area contributed by atoms with Gasteiger partial charge in [-0.1, -0.05) is 24.3 Å². The van der Waals surface area contributed by atoms with Gasteiger partial charge in [-0.2, -0.15) is 14.0 Å². The number of alkyl halides is 2. The first-order chi connectivity index (χ1) is 13.4. The third-order valence-electron chi connectivity index (χ3n) is 5.95. The molecule has 3 aliphatic rings. The number of anilines is 1. The number of rotatable bonds is 3. The first kappa shape index (κ1) is 17.5. The summed E-state index contributed by atoms with van der Waals surface area (Å²) in [4.78, 5) is 10.4. The van der Waals surface area contributed by atoms with E-state index in [-0.39, 0.29) is 24.5 Å². The van der Waals surface area contributed by atoms with E-state index in [9.17, 15) is 19.1 Å². The molecular formula is C20H19F2N5O. The molecule has 0 bridgehead atoms. The molecule has 3 heterocycles. The number of nitriles is 1. The predicted octanol–water partition coefficient (Wildman–Crippen LogP) is 1.73. The lowest BCUT2D eigenvalue weighted by atomic mass is 9.76. The van der Waals surface area contributed by atoms with E-state index in [1.807, 2.05) is 24.3 Å². The number of aromatic nitrogens is 2. The highest BCUT2D eigenvalue weighted by atomic mass is 19.3. The average molecular weight is 383 g/mol. The number of benzene rings is 1. The van der Waals surface area contributed by atoms with Crippen molar-refractivity contribution in [3.05, 3.63) is 41.1 Å². The Hall–Kier alpha value is -2.63. The van der Waals surface area contributed by atoms with Gasteiger partial charge in [-0.25, -0.2) is 9.97 Å². The molecule has 2 fully saturated rings. The van der Waals surface area contributed by atoms with Crippen LogP contribution in [0.15, 0.2) is 24.3 Å². The smallest absolute Gasteiger partial charge is 0.290 e. The first-order valence-electron chi connectivity index (χ1n) is 9.37. The van der Waals surface area contributed by atoms with E-state index in [4.69, 9.17) is 0 Å². The van der Waals surface area contributed by atoms with Crippen molar-refractivity contribution < 1.29 is 13.9 Å². The topological polar surface area (TPSA) is 85.1 Å². The van der Waals surface area contributed by atoms with Crippen LogP contribution in [-0.4, -0.2) is 47.4 Å². The SMILES string of the molecule is N#CC1(c2ccc(-c3nc(N4CC(O)C4)nc4c3CCC4(F)F)cc2)CNC1. The Morgan fingerprint density at radius 2 is 1.89 bits per heavy atom. The highest BCUT2D eigenvalue weighted by Gasteiger charge is 2.44. The van der Waals surface area contributed by atoms with E-state index in [1.165, 1.54) is 0 Å². The summed E-state index contributed by atoms with van der Waals surface area (Å²) >= 11 is 0. The number of nitrogens with one attached hydrogen (secondary N) is 1. The minimum absolute atomic E-state index is 0.199. The Kier molecular flexibility index (Phi) is 3.70. The molecule has 5 rings (SSSR count). The van der Waals surface area contributed by atoms with E-state index in [0.29, 0.717) is 37.4 Å². The maximum Gasteiger partial charge on any atom is 0.290 e. The first-order valence-corrected chi connectivity index (χ1v) is 9.37. The lowest BCUT2D eigenvalue weighted by Gasteiger charge is -2.37. The molecule has 144 valence electrons. The van der Waals surface area contributed by atoms with Gasteiger partial charge in [0.05, 0.1) is 17.9 Å². The molecule has 0 unspecified atom stereocenters. The minimum Gasteiger partial charge on any atom is -0.389 e. The zero-order valence-electron chi connectivity index (χ0n) is 15.1. The van der Waals surface area contributed by atoms with Crippen LogP contribution in [0.1, 0.15) is 23.2 Å². The second-order valence-electron chi connectivity index (χ2n) is 7.84. The van der Waals surface area contributed by atoms with Crippen molar-refractivity contribution in [1.29, 1.82) is 5.26 Å². The number of β-amino-alcohol motifs (C(OH)–C–C–N with tert-alkyl or cyclic N) is 1. The second-order valence-corrected chi connectivity index (χ2v) is 7.84. The van der Waals surface area contributed by atoms with E-state index in [1.54, 1.807) is 4.90 Å². The maximum atomic E-state index is 14.4. The van der Waals surface area contributed by atoms with E-state index >= 15 is 0 Å². The molecule has 0 amide bonds. The van der Waals surface area contributed by atoms with Crippen LogP contribution in [0.4, 0.5) is 14.7 Å². The van der Waals surface area contributed by atoms with Gasteiger partial charge in [0.25, 0.3) is 5.92 Å². The summed E-state index contributed by atoms with van der Waals surface area (Å²) in [5.74, 6) is -2.73. The van der Waals surface area contributed by atoms with Crippen molar-refractivity contribution >= 4 is 5.95 Å². The predicted molar refractivity (Wildman–Crippen MR) is 98.1 cm³/mol. The molecule has 0 radical (unpaired) electrons. The zero-order valence-corrected chi connectivity index (χ0v) is 15.1. The lowest BCUT2D eigenvalue weighted by molar-refractivity contribution is -0.00596. The molecule has 1 aromatic heterocycles. The molecule has 8 heteroatoms. The number of aliphatic hydroxyl groups is 1. The Balaban J connectivity index is 1.57. The standard InChI is InChI=1S/C20H19F2N5O/c21-20(22)6-5-15-16(25-18(26-17(15)20)27-7-14(28)8-27)12-1-3-13(4-2-12)19(9-23)10-24-11-19/h1-4,14,24,28H,5-8,10-11H2. The van der Waals surface area contributed by atoms with Crippen LogP contribution in [0.3, 0.4) is 0 Å². The van der Waals surface area contributed by atoms with Crippen molar-refractivity contribution in [2.45, 2.75) is 30.3 Å². The van der Waals surface area contributed by atoms with Crippen LogP contribution in [-0.2, 0) is 17.8 Å². The molecule has 2 saturated heterocycles. The Labute approximate surface area is 160 Å². The molecule has 0 atom stereocenters. The minimum atomic E-state index is -2.96. The monoisotopic (exact) mass is 383 g/mol. The third kappa shape index (κ3) is 2.50. The molecule has 0 saturated carbocycles. The average Bonchev–Trinajstić information content (AvgIpc) is 2.94. The van der Waals surface area contributed by atoms with Gasteiger partial charge < -0.3 is 15.3 Å². The largest absolute Gasteiger partial charge is 0.389 e. The van der Waals surface area contributed by atoms with E-state index in [0.717, 1.165) is 11.1 Å². The van der Waals surface area contributed by atoms with E-state index < -0.39 is 17.4 Å². The van der Waals surface area contributed by atoms with Crippen LogP contribution in [0.25, 0.3) is 11.3 Å². The highest BCUT2D eigenvalue weighted by Crippen LogP contribution is 2.44. The second kappa shape index (κ2) is 5.93. The van der Waals surface area contributed by atoms with Crippen LogP contribution in [0.5, 0.6) is 0 Å². The molecule has 2 N–H and O–H groups in total. The van der Waals surface area contributed by atoms with Gasteiger partial charge in [0, 0.05) is 43.7 Å². The van der Waals surface area contributed by atoms with Crippen molar-refractivity contribution in [3.63, 3.8) is 0 Å². The molecule has 28 heavy (non-hydrogen) atoms. The molecular weight excluding hydrogens is 364 g/mol. The summed E-state index contributed by atoms with van der Waals surface area (Å²) < 4.78 is 28.8. The quantitative estimate of drug-likeness (QED) is 0.840. The number of halogens is 2. The third-order valence-corrected chi connectivity index (χ3v) is 5.95. The van der Waals surface area contributed by atoms with E-state index in [2.05, 4.69) is 21.4 Å². The summed E-state index contributed by atoms with van der Waals surface area (Å²) in [5, 5.41) is 22.2. The van der Waals surface area contributed by atoms with Gasteiger partial charge in [0.15, 0.2) is 0 Å². The van der Waals surface area contributed by atoms with Crippen molar-refractivity contribution in [2.75, 3.05) is 31.1 Å². The van der Waals surface area contributed by atoms with Crippen LogP contribution in [0, 0.1) is 11.3 Å². The maximum absolute atomic E-state index is 14.4. The zero-order chi connectivity index (χ0) is 19.5. The van der Waals surface area contributed by atoms with Gasteiger partial charge >= 0.3 is 0 Å². The molecule has 2 aliphatic heterocycles. The van der Waals surface area contributed by atoms with Crippen LogP contribution >= 0.6 is 0 Å². The number of nitrogens with zero attached hydrogens (tertiary/aromatic N) is 4. The Bertz CT molecular complexity index is 975. The fourth-order valence-corrected chi connectivity index (χ4v) is 4.08. The fourth-order valence-electron chi connectivity index (χ4n) is 4.08. The summed E-state index contributed by atoms with van der Waals surface area (Å²) in [6, 6.07) is 9.83. The molecule has 1 aromatic carbocycles. The Morgan fingerprint density at radius 1 is 1.18 bits per heavy atom. The number of hydrogen-bond donors (Lipinski definition) is 2. The molecule has 0 spiro atoms. The van der Waals surface area contributed by atoms with Crippen molar-refractivity contribution in [3.8, 4) is 17.3 Å². The van der Waals surface area contributed by atoms with Crippen molar-refractivity contribution in [2.24, 2.45) is 0 Å². The van der Waals surface area contributed by atoms with Crippen LogP contribution in [0.2, 0.25) is 0 Å². The van der Waals surface area contributed by atoms with Gasteiger partial charge in [0.2, 0.25) is 5.95 Å². The molecule has 6 nitrogen and oxygen atoms in total. The van der Waals surface area contributed by atoms with Crippen LogP contribution < -0.4 is 10.2 Å². The number of hydrogen-bond acceptors (Lipinski definition) is 6.